The molecule has 0 bridgehead atoms. The summed E-state index contributed by atoms with van der Waals surface area (Å²) in [6.45, 7) is 2.99. The predicted molar refractivity (Wildman–Crippen MR) is 97.7 cm³/mol. The molecule has 10 heteroatoms. The van der Waals surface area contributed by atoms with Gasteiger partial charge in [0.15, 0.2) is 0 Å². The van der Waals surface area contributed by atoms with Crippen LogP contribution in [0.15, 0.2) is 48.5 Å². The Balaban J connectivity index is 2.68. The van der Waals surface area contributed by atoms with E-state index < -0.39 is 40.8 Å². The minimum atomic E-state index is -5.79. The van der Waals surface area contributed by atoms with Gasteiger partial charge in [0.25, 0.3) is 0 Å². The van der Waals surface area contributed by atoms with Crippen molar-refractivity contribution in [1.82, 2.24) is 0 Å². The molecule has 0 aliphatic heterocycles. The zero-order valence-corrected chi connectivity index (χ0v) is 16.4. The number of halogens is 6. The summed E-state index contributed by atoms with van der Waals surface area (Å²) in [7, 11) is 0. The first kappa shape index (κ1) is 24.2. The number of carbonyl (C=O) groups excluding carboxylic acids is 2. The Labute approximate surface area is 173 Å². The molecule has 0 aromatic heterocycles. The molecule has 2 aromatic rings. The van der Waals surface area contributed by atoms with Gasteiger partial charge in [0, 0.05) is 0 Å². The average molecular weight is 448 g/mol. The van der Waals surface area contributed by atoms with Crippen LogP contribution in [0.5, 0.6) is 0 Å². The summed E-state index contributed by atoms with van der Waals surface area (Å²) in [5, 5.41) is 0. The minimum absolute atomic E-state index is 0.0115. The van der Waals surface area contributed by atoms with Crippen molar-refractivity contribution < 1.29 is 45.4 Å². The van der Waals surface area contributed by atoms with Crippen LogP contribution in [0.1, 0.15) is 45.7 Å². The van der Waals surface area contributed by atoms with E-state index in [2.05, 4.69) is 0 Å². The largest absolute Gasteiger partial charge is 0.462 e. The van der Waals surface area contributed by atoms with Gasteiger partial charge in [0.2, 0.25) is 5.41 Å². The van der Waals surface area contributed by atoms with E-state index in [9.17, 15) is 35.9 Å². The number of esters is 2. The van der Waals surface area contributed by atoms with Gasteiger partial charge in [-0.25, -0.2) is 9.59 Å². The Morgan fingerprint density at radius 3 is 1.16 bits per heavy atom. The second-order valence-corrected chi connectivity index (χ2v) is 6.34. The molecule has 0 aliphatic carbocycles. The molecule has 0 atom stereocenters. The summed E-state index contributed by atoms with van der Waals surface area (Å²) >= 11 is 0. The van der Waals surface area contributed by atoms with E-state index in [1.165, 1.54) is 13.8 Å². The van der Waals surface area contributed by atoms with E-state index in [1.807, 2.05) is 0 Å². The molecule has 0 spiro atoms. The van der Waals surface area contributed by atoms with Crippen molar-refractivity contribution in [3.63, 3.8) is 0 Å². The molecule has 168 valence electrons. The zero-order chi connectivity index (χ0) is 23.4. The number of ether oxygens (including phenoxy) is 2. The van der Waals surface area contributed by atoms with Crippen LogP contribution in [0.25, 0.3) is 0 Å². The standard InChI is InChI=1S/C21H18F6O4/c1-3-30-17(28)13-5-9-15(10-6-13)19(20(22,23)24,21(25,26)27)16-11-7-14(8-12-16)18(29)31-4-2/h5-12H,3-4H2,1-2H3. The van der Waals surface area contributed by atoms with Gasteiger partial charge in [0.1, 0.15) is 0 Å². The second kappa shape index (κ2) is 8.99. The van der Waals surface area contributed by atoms with Crippen molar-refractivity contribution in [2.75, 3.05) is 13.2 Å². The van der Waals surface area contributed by atoms with Gasteiger partial charge in [-0.15, -0.1) is 0 Å². The Morgan fingerprint density at radius 1 is 0.645 bits per heavy atom. The molecule has 0 unspecified atom stereocenters. The van der Waals surface area contributed by atoms with Crippen LogP contribution in [-0.2, 0) is 14.9 Å². The second-order valence-electron chi connectivity index (χ2n) is 6.34. The first-order valence-electron chi connectivity index (χ1n) is 9.08. The summed E-state index contributed by atoms with van der Waals surface area (Å²) in [4.78, 5) is 23.4. The van der Waals surface area contributed by atoms with Crippen LogP contribution < -0.4 is 0 Å². The maximum Gasteiger partial charge on any atom is 0.411 e. The lowest BCUT2D eigenvalue weighted by Crippen LogP contribution is -2.54. The normalized spacial score (nSPS) is 12.4. The highest BCUT2D eigenvalue weighted by Crippen LogP contribution is 2.56. The molecule has 31 heavy (non-hydrogen) atoms. The fraction of sp³-hybridized carbons (Fsp3) is 0.333. The predicted octanol–water partition coefficient (Wildman–Crippen LogP) is 5.45. The summed E-state index contributed by atoms with van der Waals surface area (Å²) in [5.41, 5.74) is -7.04. The van der Waals surface area contributed by atoms with Crippen LogP contribution in [0.3, 0.4) is 0 Å². The van der Waals surface area contributed by atoms with Crippen molar-refractivity contribution in [2.45, 2.75) is 31.6 Å². The van der Waals surface area contributed by atoms with Crippen LogP contribution in [0.2, 0.25) is 0 Å². The Morgan fingerprint density at radius 2 is 0.935 bits per heavy atom. The topological polar surface area (TPSA) is 52.6 Å². The molecule has 0 saturated carbocycles. The Hall–Kier alpha value is -3.04. The fourth-order valence-corrected chi connectivity index (χ4v) is 3.12. The molecular weight excluding hydrogens is 430 g/mol. The van der Waals surface area contributed by atoms with Crippen LogP contribution >= 0.6 is 0 Å². The molecule has 2 aromatic carbocycles. The van der Waals surface area contributed by atoms with Gasteiger partial charge in [-0.2, -0.15) is 26.3 Å². The molecular formula is C21H18F6O4. The molecule has 0 N–H and O–H groups in total. The lowest BCUT2D eigenvalue weighted by molar-refractivity contribution is -0.288. The van der Waals surface area contributed by atoms with Gasteiger partial charge >= 0.3 is 24.3 Å². The van der Waals surface area contributed by atoms with Crippen molar-refractivity contribution in [3.05, 3.63) is 70.8 Å². The summed E-state index contributed by atoms with van der Waals surface area (Å²) in [5.74, 6) is -1.75. The van der Waals surface area contributed by atoms with E-state index in [0.29, 0.717) is 24.3 Å². The van der Waals surface area contributed by atoms with E-state index in [-0.39, 0.29) is 24.3 Å². The highest BCUT2D eigenvalue weighted by molar-refractivity contribution is 5.90. The van der Waals surface area contributed by atoms with Crippen molar-refractivity contribution >= 4 is 11.9 Å². The molecule has 2 rings (SSSR count). The van der Waals surface area contributed by atoms with Gasteiger partial charge in [-0.3, -0.25) is 0 Å². The zero-order valence-electron chi connectivity index (χ0n) is 16.4. The third kappa shape index (κ3) is 4.52. The lowest BCUT2D eigenvalue weighted by atomic mass is 9.72. The Kier molecular flexibility index (Phi) is 7.03. The van der Waals surface area contributed by atoms with E-state index in [0.717, 1.165) is 24.3 Å². The highest BCUT2D eigenvalue weighted by Gasteiger charge is 2.72. The summed E-state index contributed by atoms with van der Waals surface area (Å²) in [6, 6.07) is 5.72. The number of rotatable bonds is 6. The van der Waals surface area contributed by atoms with Crippen molar-refractivity contribution in [3.8, 4) is 0 Å². The van der Waals surface area contributed by atoms with Crippen molar-refractivity contribution in [2.24, 2.45) is 0 Å². The highest BCUT2D eigenvalue weighted by atomic mass is 19.4. The first-order valence-corrected chi connectivity index (χ1v) is 9.08. The first-order chi connectivity index (χ1) is 14.4. The van der Waals surface area contributed by atoms with Gasteiger partial charge < -0.3 is 9.47 Å². The molecule has 0 fully saturated rings. The summed E-state index contributed by atoms with van der Waals surface area (Å²) < 4.78 is 94.0. The van der Waals surface area contributed by atoms with Crippen LogP contribution in [-0.4, -0.2) is 37.5 Å². The van der Waals surface area contributed by atoms with Gasteiger partial charge in [-0.1, -0.05) is 24.3 Å². The van der Waals surface area contributed by atoms with Crippen LogP contribution in [0, 0.1) is 0 Å². The molecule has 0 heterocycles. The monoisotopic (exact) mass is 448 g/mol. The Bertz CT molecular complexity index is 837. The smallest absolute Gasteiger partial charge is 0.411 e. The summed E-state index contributed by atoms with van der Waals surface area (Å²) in [6.07, 6.45) is -11.6. The fourth-order valence-electron chi connectivity index (χ4n) is 3.12. The van der Waals surface area contributed by atoms with Crippen LogP contribution in [0.4, 0.5) is 26.3 Å². The molecule has 0 amide bonds. The van der Waals surface area contributed by atoms with E-state index in [1.54, 1.807) is 0 Å². The molecule has 0 saturated heterocycles. The third-order valence-electron chi connectivity index (χ3n) is 4.51. The third-order valence-corrected chi connectivity index (χ3v) is 4.51. The van der Waals surface area contributed by atoms with E-state index >= 15 is 0 Å². The number of alkyl halides is 6. The quantitative estimate of drug-likeness (QED) is 0.436. The molecule has 0 radical (unpaired) electrons. The maximum absolute atomic E-state index is 14.1. The molecule has 4 nitrogen and oxygen atoms in total. The average Bonchev–Trinajstić information content (AvgIpc) is 2.67. The van der Waals surface area contributed by atoms with Gasteiger partial charge in [-0.05, 0) is 49.2 Å². The lowest BCUT2D eigenvalue weighted by Gasteiger charge is -2.38. The SMILES string of the molecule is CCOC(=O)c1ccc(C(c2ccc(C(=O)OCC)cc2)(C(F)(F)F)C(F)(F)F)cc1. The number of hydrogen-bond donors (Lipinski definition) is 0. The number of carbonyl (C=O) groups is 2. The van der Waals surface area contributed by atoms with Gasteiger partial charge in [0.05, 0.1) is 24.3 Å². The minimum Gasteiger partial charge on any atom is -0.462 e. The number of benzene rings is 2. The van der Waals surface area contributed by atoms with Crippen molar-refractivity contribution in [1.29, 1.82) is 0 Å². The molecule has 0 aliphatic rings. The maximum atomic E-state index is 14.1. The van der Waals surface area contributed by atoms with E-state index in [4.69, 9.17) is 9.47 Å². The number of hydrogen-bond acceptors (Lipinski definition) is 4.